The summed E-state index contributed by atoms with van der Waals surface area (Å²) in [7, 11) is 2.10. The zero-order valence-corrected chi connectivity index (χ0v) is 13.8. The Bertz CT molecular complexity index is 369. The van der Waals surface area contributed by atoms with Gasteiger partial charge >= 0.3 is 0 Å². The fourth-order valence-electron chi connectivity index (χ4n) is 2.45. The number of benzene rings is 1. The van der Waals surface area contributed by atoms with E-state index in [9.17, 15) is 0 Å². The molecule has 1 N–H and O–H groups in total. The Morgan fingerprint density at radius 1 is 1.21 bits per heavy atom. The third kappa shape index (κ3) is 4.44. The highest BCUT2D eigenvalue weighted by Crippen LogP contribution is 2.28. The Balaban J connectivity index is 1.97. The fourth-order valence-corrected chi connectivity index (χ4v) is 5.38. The van der Waals surface area contributed by atoms with Crippen molar-refractivity contribution in [1.82, 2.24) is 5.32 Å². The SMILES string of the molecule is CNC(Cc1ccc(C(C)C)cc1)C1CSCCS1. The Morgan fingerprint density at radius 3 is 2.47 bits per heavy atom. The first-order valence-electron chi connectivity index (χ1n) is 7.16. The Kier molecular flexibility index (Phi) is 6.11. The standard InChI is InChI=1S/C16H25NS2/c1-12(2)14-6-4-13(5-7-14)10-15(17-3)16-11-18-8-9-19-16/h4-7,12,15-17H,8-11H2,1-3H3. The average Bonchev–Trinajstić information content (AvgIpc) is 2.46. The first-order chi connectivity index (χ1) is 9.20. The van der Waals surface area contributed by atoms with Gasteiger partial charge in [0.05, 0.1) is 0 Å². The maximum atomic E-state index is 3.52. The van der Waals surface area contributed by atoms with Crippen LogP contribution in [0.5, 0.6) is 0 Å². The molecular weight excluding hydrogens is 270 g/mol. The van der Waals surface area contributed by atoms with Crippen LogP contribution in [-0.4, -0.2) is 35.6 Å². The van der Waals surface area contributed by atoms with E-state index >= 15 is 0 Å². The highest BCUT2D eigenvalue weighted by atomic mass is 32.2. The van der Waals surface area contributed by atoms with Gasteiger partial charge in [-0.3, -0.25) is 0 Å². The van der Waals surface area contributed by atoms with Crippen LogP contribution in [0.15, 0.2) is 24.3 Å². The number of hydrogen-bond donors (Lipinski definition) is 1. The van der Waals surface area contributed by atoms with Crippen LogP contribution in [-0.2, 0) is 6.42 Å². The number of thioether (sulfide) groups is 2. The van der Waals surface area contributed by atoms with E-state index in [1.807, 2.05) is 0 Å². The molecule has 106 valence electrons. The van der Waals surface area contributed by atoms with E-state index in [4.69, 9.17) is 0 Å². The number of likely N-dealkylation sites (N-methyl/N-ethyl adjacent to an activating group) is 1. The summed E-state index contributed by atoms with van der Waals surface area (Å²) in [6.07, 6.45) is 1.15. The summed E-state index contributed by atoms with van der Waals surface area (Å²) < 4.78 is 0. The van der Waals surface area contributed by atoms with Crippen molar-refractivity contribution < 1.29 is 0 Å². The van der Waals surface area contributed by atoms with Crippen LogP contribution < -0.4 is 5.32 Å². The van der Waals surface area contributed by atoms with Crippen LogP contribution >= 0.6 is 23.5 Å². The quantitative estimate of drug-likeness (QED) is 0.887. The summed E-state index contributed by atoms with van der Waals surface area (Å²) in [6.45, 7) is 4.50. The van der Waals surface area contributed by atoms with Crippen LogP contribution in [0.1, 0.15) is 30.9 Å². The summed E-state index contributed by atoms with van der Waals surface area (Å²) in [6, 6.07) is 9.79. The normalized spacial score (nSPS) is 21.6. The fraction of sp³-hybridized carbons (Fsp3) is 0.625. The van der Waals surface area contributed by atoms with Crippen LogP contribution in [0.25, 0.3) is 0 Å². The van der Waals surface area contributed by atoms with Gasteiger partial charge in [-0.05, 0) is 30.5 Å². The van der Waals surface area contributed by atoms with Crippen molar-refractivity contribution in [2.24, 2.45) is 0 Å². The van der Waals surface area contributed by atoms with Crippen LogP contribution in [0, 0.1) is 0 Å². The molecule has 3 heteroatoms. The molecule has 0 spiro atoms. The molecule has 1 aromatic rings. The topological polar surface area (TPSA) is 12.0 Å². The lowest BCUT2D eigenvalue weighted by Crippen LogP contribution is -2.40. The van der Waals surface area contributed by atoms with Gasteiger partial charge in [-0.15, -0.1) is 0 Å². The molecule has 0 aromatic heterocycles. The molecule has 2 unspecified atom stereocenters. The molecular formula is C16H25NS2. The summed E-state index contributed by atoms with van der Waals surface area (Å²) >= 11 is 4.24. The van der Waals surface area contributed by atoms with Crippen molar-refractivity contribution in [3.05, 3.63) is 35.4 Å². The molecule has 1 aliphatic heterocycles. The second kappa shape index (κ2) is 7.61. The molecule has 2 atom stereocenters. The third-order valence-corrected chi connectivity index (χ3v) is 6.68. The van der Waals surface area contributed by atoms with E-state index in [0.717, 1.165) is 11.7 Å². The molecule has 1 heterocycles. The lowest BCUT2D eigenvalue weighted by atomic mass is 9.98. The first kappa shape index (κ1) is 15.3. The lowest BCUT2D eigenvalue weighted by Gasteiger charge is -2.29. The van der Waals surface area contributed by atoms with Crippen molar-refractivity contribution in [2.45, 2.75) is 37.5 Å². The van der Waals surface area contributed by atoms with Crippen molar-refractivity contribution in [1.29, 1.82) is 0 Å². The first-order valence-corrected chi connectivity index (χ1v) is 9.36. The van der Waals surface area contributed by atoms with E-state index in [-0.39, 0.29) is 0 Å². The Hall–Kier alpha value is -0.120. The predicted octanol–water partition coefficient (Wildman–Crippen LogP) is 3.79. The number of nitrogens with one attached hydrogen (secondary N) is 1. The highest BCUT2D eigenvalue weighted by molar-refractivity contribution is 8.06. The van der Waals surface area contributed by atoms with E-state index in [1.54, 1.807) is 0 Å². The summed E-state index contributed by atoms with van der Waals surface area (Å²) in [5, 5.41) is 4.28. The van der Waals surface area contributed by atoms with Gasteiger partial charge in [0, 0.05) is 28.6 Å². The lowest BCUT2D eigenvalue weighted by molar-refractivity contribution is 0.557. The van der Waals surface area contributed by atoms with Gasteiger partial charge in [-0.2, -0.15) is 23.5 Å². The van der Waals surface area contributed by atoms with Crippen LogP contribution in [0.2, 0.25) is 0 Å². The smallest absolute Gasteiger partial charge is 0.0295 e. The molecule has 0 amide bonds. The molecule has 0 saturated carbocycles. The van der Waals surface area contributed by atoms with Gasteiger partial charge in [0.15, 0.2) is 0 Å². The number of hydrogen-bond acceptors (Lipinski definition) is 3. The summed E-state index contributed by atoms with van der Waals surface area (Å²) in [4.78, 5) is 0. The molecule has 1 aromatic carbocycles. The Labute approximate surface area is 126 Å². The Morgan fingerprint density at radius 2 is 1.95 bits per heavy atom. The third-order valence-electron chi connectivity index (χ3n) is 3.76. The molecule has 1 saturated heterocycles. The van der Waals surface area contributed by atoms with E-state index in [0.29, 0.717) is 12.0 Å². The van der Waals surface area contributed by atoms with Crippen molar-refractivity contribution in [3.63, 3.8) is 0 Å². The minimum Gasteiger partial charge on any atom is -0.316 e. The summed E-state index contributed by atoms with van der Waals surface area (Å²) in [5.41, 5.74) is 2.90. The molecule has 0 radical (unpaired) electrons. The maximum Gasteiger partial charge on any atom is 0.0295 e. The van der Waals surface area contributed by atoms with Gasteiger partial charge in [0.2, 0.25) is 0 Å². The molecule has 19 heavy (non-hydrogen) atoms. The molecule has 2 rings (SSSR count). The molecule has 1 fully saturated rings. The van der Waals surface area contributed by atoms with Gasteiger partial charge in [-0.25, -0.2) is 0 Å². The highest BCUT2D eigenvalue weighted by Gasteiger charge is 2.23. The van der Waals surface area contributed by atoms with E-state index in [2.05, 4.69) is 74.0 Å². The minimum atomic E-state index is 0.600. The monoisotopic (exact) mass is 295 g/mol. The zero-order valence-electron chi connectivity index (χ0n) is 12.2. The van der Waals surface area contributed by atoms with Crippen LogP contribution in [0.4, 0.5) is 0 Å². The second-order valence-electron chi connectivity index (χ2n) is 5.48. The van der Waals surface area contributed by atoms with Gasteiger partial charge in [0.25, 0.3) is 0 Å². The minimum absolute atomic E-state index is 0.600. The molecule has 1 aliphatic rings. The number of rotatable bonds is 5. The molecule has 0 bridgehead atoms. The van der Waals surface area contributed by atoms with Crippen LogP contribution in [0.3, 0.4) is 0 Å². The van der Waals surface area contributed by atoms with Gasteiger partial charge in [-0.1, -0.05) is 38.1 Å². The van der Waals surface area contributed by atoms with Gasteiger partial charge < -0.3 is 5.32 Å². The van der Waals surface area contributed by atoms with E-state index < -0.39 is 0 Å². The van der Waals surface area contributed by atoms with Gasteiger partial charge in [0.1, 0.15) is 0 Å². The zero-order chi connectivity index (χ0) is 13.7. The van der Waals surface area contributed by atoms with E-state index in [1.165, 1.54) is 28.4 Å². The predicted molar refractivity (Wildman–Crippen MR) is 90.7 cm³/mol. The van der Waals surface area contributed by atoms with Crippen molar-refractivity contribution >= 4 is 23.5 Å². The molecule has 1 nitrogen and oxygen atoms in total. The van der Waals surface area contributed by atoms with Crippen molar-refractivity contribution in [2.75, 3.05) is 24.3 Å². The molecule has 0 aliphatic carbocycles. The van der Waals surface area contributed by atoms with Crippen molar-refractivity contribution in [3.8, 4) is 0 Å². The second-order valence-corrected chi connectivity index (χ2v) is 7.98. The average molecular weight is 296 g/mol. The largest absolute Gasteiger partial charge is 0.316 e. The summed E-state index contributed by atoms with van der Waals surface area (Å²) in [5.74, 6) is 4.54. The maximum absolute atomic E-state index is 3.52.